The third kappa shape index (κ3) is 4.10. The number of fused-ring (bicyclic) bond motifs is 1. The summed E-state index contributed by atoms with van der Waals surface area (Å²) in [6.45, 7) is 11.4. The molecule has 1 aromatic rings. The molecule has 0 radical (unpaired) electrons. The second-order valence-electron chi connectivity index (χ2n) is 8.66. The van der Waals surface area contributed by atoms with Crippen molar-refractivity contribution in [3.63, 3.8) is 0 Å². The van der Waals surface area contributed by atoms with Crippen LogP contribution in [0.25, 0.3) is 5.70 Å². The highest BCUT2D eigenvalue weighted by atomic mass is 16.2. The normalized spacial score (nSPS) is 22.7. The Hall–Kier alpha value is -2.10. The molecule has 0 bridgehead atoms. The molecule has 27 heavy (non-hydrogen) atoms. The Balaban J connectivity index is 1.46. The second-order valence-corrected chi connectivity index (χ2v) is 8.66. The van der Waals surface area contributed by atoms with Gasteiger partial charge in [0, 0.05) is 35.8 Å². The van der Waals surface area contributed by atoms with E-state index < -0.39 is 0 Å². The van der Waals surface area contributed by atoms with Gasteiger partial charge in [0.15, 0.2) is 0 Å². The van der Waals surface area contributed by atoms with E-state index in [4.69, 9.17) is 0 Å². The molecule has 1 aliphatic heterocycles. The molecule has 1 aromatic carbocycles. The molecule has 1 saturated carbocycles. The summed E-state index contributed by atoms with van der Waals surface area (Å²) in [5.74, 6) is 0.732. The van der Waals surface area contributed by atoms with Crippen LogP contribution in [0.4, 0.5) is 0 Å². The van der Waals surface area contributed by atoms with Gasteiger partial charge in [0.25, 0.3) is 5.91 Å². The molecular weight excluding hydrogens is 336 g/mol. The Bertz CT molecular complexity index is 695. The molecule has 1 aliphatic carbocycles. The van der Waals surface area contributed by atoms with Crippen molar-refractivity contribution in [2.75, 3.05) is 6.54 Å². The van der Waals surface area contributed by atoms with Gasteiger partial charge in [-0.3, -0.25) is 9.59 Å². The van der Waals surface area contributed by atoms with Crippen LogP contribution in [0.2, 0.25) is 0 Å². The minimum Gasteiger partial charge on any atom is -0.353 e. The molecule has 1 heterocycles. The van der Waals surface area contributed by atoms with Gasteiger partial charge >= 0.3 is 0 Å². The third-order valence-electron chi connectivity index (χ3n) is 6.71. The van der Waals surface area contributed by atoms with E-state index >= 15 is 0 Å². The number of benzene rings is 1. The summed E-state index contributed by atoms with van der Waals surface area (Å²) in [5, 5.41) is 3.18. The van der Waals surface area contributed by atoms with E-state index in [1.54, 1.807) is 4.90 Å². The fraction of sp³-hybridized carbons (Fsp3) is 0.565. The zero-order valence-corrected chi connectivity index (χ0v) is 16.9. The summed E-state index contributed by atoms with van der Waals surface area (Å²) in [7, 11) is 0. The molecule has 146 valence electrons. The van der Waals surface area contributed by atoms with E-state index in [9.17, 15) is 9.59 Å². The van der Waals surface area contributed by atoms with E-state index in [0.717, 1.165) is 24.3 Å². The van der Waals surface area contributed by atoms with Crippen molar-refractivity contribution in [1.29, 1.82) is 0 Å². The molecule has 1 N–H and O–H groups in total. The summed E-state index contributed by atoms with van der Waals surface area (Å²) < 4.78 is 0. The number of amides is 2. The van der Waals surface area contributed by atoms with Crippen molar-refractivity contribution in [2.45, 2.75) is 65.3 Å². The highest BCUT2D eigenvalue weighted by Crippen LogP contribution is 2.40. The molecule has 0 aromatic heterocycles. The number of nitrogens with one attached hydrogen (secondary N) is 1. The summed E-state index contributed by atoms with van der Waals surface area (Å²) in [6, 6.07) is 7.77. The first-order chi connectivity index (χ1) is 12.8. The SMILES string of the molecule is C=C1c2ccccc2C(=O)N1CCC(=O)NC1CCC(C(C)(C)CC)CC1. The van der Waals surface area contributed by atoms with E-state index in [2.05, 4.69) is 32.7 Å². The maximum absolute atomic E-state index is 12.5. The molecule has 4 nitrogen and oxygen atoms in total. The predicted octanol–water partition coefficient (Wildman–Crippen LogP) is 4.61. The molecule has 0 atom stereocenters. The van der Waals surface area contributed by atoms with E-state index in [1.165, 1.54) is 19.3 Å². The van der Waals surface area contributed by atoms with Crippen LogP contribution in [-0.4, -0.2) is 29.3 Å². The van der Waals surface area contributed by atoms with Gasteiger partial charge in [0.2, 0.25) is 5.91 Å². The zero-order valence-electron chi connectivity index (χ0n) is 16.9. The van der Waals surface area contributed by atoms with Gasteiger partial charge in [-0.05, 0) is 43.1 Å². The van der Waals surface area contributed by atoms with Crippen LogP contribution in [0.5, 0.6) is 0 Å². The van der Waals surface area contributed by atoms with Crippen molar-refractivity contribution < 1.29 is 9.59 Å². The largest absolute Gasteiger partial charge is 0.353 e. The number of hydrogen-bond acceptors (Lipinski definition) is 2. The first-order valence-electron chi connectivity index (χ1n) is 10.2. The molecular formula is C23H32N2O2. The average molecular weight is 369 g/mol. The molecule has 2 amide bonds. The maximum atomic E-state index is 12.5. The summed E-state index contributed by atoms with van der Waals surface area (Å²) in [5.41, 5.74) is 2.64. The third-order valence-corrected chi connectivity index (χ3v) is 6.71. The number of hydrogen-bond donors (Lipinski definition) is 1. The van der Waals surface area contributed by atoms with Gasteiger partial charge < -0.3 is 10.2 Å². The lowest BCUT2D eigenvalue weighted by Gasteiger charge is -2.39. The summed E-state index contributed by atoms with van der Waals surface area (Å²) in [6.07, 6.45) is 6.00. The maximum Gasteiger partial charge on any atom is 0.258 e. The van der Waals surface area contributed by atoms with Gasteiger partial charge in [-0.25, -0.2) is 0 Å². The quantitative estimate of drug-likeness (QED) is 0.797. The van der Waals surface area contributed by atoms with Crippen LogP contribution in [0.15, 0.2) is 30.8 Å². The molecule has 3 rings (SSSR count). The summed E-state index contributed by atoms with van der Waals surface area (Å²) >= 11 is 0. The highest BCUT2D eigenvalue weighted by Gasteiger charge is 2.33. The van der Waals surface area contributed by atoms with Crippen molar-refractivity contribution in [1.82, 2.24) is 10.2 Å². The fourth-order valence-electron chi connectivity index (χ4n) is 4.39. The van der Waals surface area contributed by atoms with E-state index in [-0.39, 0.29) is 17.9 Å². The second kappa shape index (κ2) is 7.87. The number of nitrogens with zero attached hydrogens (tertiary/aromatic N) is 1. The van der Waals surface area contributed by atoms with Gasteiger partial charge in [-0.15, -0.1) is 0 Å². The molecule has 1 fully saturated rings. The molecule has 0 spiro atoms. The Morgan fingerprint density at radius 1 is 1.19 bits per heavy atom. The number of rotatable bonds is 6. The predicted molar refractivity (Wildman–Crippen MR) is 109 cm³/mol. The van der Waals surface area contributed by atoms with Crippen LogP contribution in [-0.2, 0) is 4.79 Å². The lowest BCUT2D eigenvalue weighted by molar-refractivity contribution is -0.122. The topological polar surface area (TPSA) is 49.4 Å². The van der Waals surface area contributed by atoms with Crippen LogP contribution < -0.4 is 5.32 Å². The first kappa shape index (κ1) is 19.7. The zero-order chi connectivity index (χ0) is 19.6. The lowest BCUT2D eigenvalue weighted by Crippen LogP contribution is -2.41. The Morgan fingerprint density at radius 3 is 2.41 bits per heavy atom. The molecule has 4 heteroatoms. The lowest BCUT2D eigenvalue weighted by atomic mass is 9.69. The molecule has 2 aliphatic rings. The summed E-state index contributed by atoms with van der Waals surface area (Å²) in [4.78, 5) is 26.5. The first-order valence-corrected chi connectivity index (χ1v) is 10.2. The molecule has 0 unspecified atom stereocenters. The monoisotopic (exact) mass is 368 g/mol. The fourth-order valence-corrected chi connectivity index (χ4v) is 4.39. The standard InChI is InChI=1S/C23H32N2O2/c1-5-23(3,4)17-10-12-18(13-11-17)24-21(26)14-15-25-16(2)19-8-6-7-9-20(19)22(25)27/h6-9,17-18H,2,5,10-15H2,1,3-4H3,(H,24,26). The van der Waals surface area contributed by atoms with Gasteiger partial charge in [-0.2, -0.15) is 0 Å². The smallest absolute Gasteiger partial charge is 0.258 e. The number of carbonyl (C=O) groups excluding carboxylic acids is 2. The van der Waals surface area contributed by atoms with E-state index in [0.29, 0.717) is 29.6 Å². The van der Waals surface area contributed by atoms with Crippen LogP contribution >= 0.6 is 0 Å². The van der Waals surface area contributed by atoms with E-state index in [1.807, 2.05) is 24.3 Å². The van der Waals surface area contributed by atoms with Gasteiger partial charge in [0.05, 0.1) is 0 Å². The average Bonchev–Trinajstić information content (AvgIpc) is 2.91. The van der Waals surface area contributed by atoms with Gasteiger partial charge in [0.1, 0.15) is 0 Å². The minimum absolute atomic E-state index is 0.0322. The Morgan fingerprint density at radius 2 is 1.81 bits per heavy atom. The highest BCUT2D eigenvalue weighted by molar-refractivity contribution is 6.08. The van der Waals surface area contributed by atoms with Crippen LogP contribution in [0, 0.1) is 11.3 Å². The van der Waals surface area contributed by atoms with Crippen molar-refractivity contribution >= 4 is 17.5 Å². The molecule has 0 saturated heterocycles. The van der Waals surface area contributed by atoms with Crippen molar-refractivity contribution in [2.24, 2.45) is 11.3 Å². The van der Waals surface area contributed by atoms with Gasteiger partial charge in [-0.1, -0.05) is 52.0 Å². The Kier molecular flexibility index (Phi) is 5.73. The minimum atomic E-state index is -0.0503. The van der Waals surface area contributed by atoms with Crippen molar-refractivity contribution in [3.8, 4) is 0 Å². The Labute approximate surface area is 163 Å². The van der Waals surface area contributed by atoms with Crippen LogP contribution in [0.3, 0.4) is 0 Å². The number of carbonyl (C=O) groups is 2. The van der Waals surface area contributed by atoms with Crippen LogP contribution in [0.1, 0.15) is 75.2 Å². The van der Waals surface area contributed by atoms with Crippen molar-refractivity contribution in [3.05, 3.63) is 42.0 Å².